The first-order chi connectivity index (χ1) is 7.74. The average molecular weight is 222 g/mol. The van der Waals surface area contributed by atoms with Gasteiger partial charge in [0.25, 0.3) is 0 Å². The van der Waals surface area contributed by atoms with Crippen molar-refractivity contribution in [1.82, 2.24) is 0 Å². The SMILES string of the molecule is COCCCOCC(=O)c1ccc(C)cc1. The number of ether oxygens (including phenoxy) is 2. The van der Waals surface area contributed by atoms with Gasteiger partial charge >= 0.3 is 0 Å². The number of methoxy groups -OCH3 is 1. The van der Waals surface area contributed by atoms with Gasteiger partial charge in [0.05, 0.1) is 0 Å². The molecule has 3 heteroatoms. The minimum Gasteiger partial charge on any atom is -0.385 e. The number of hydrogen-bond acceptors (Lipinski definition) is 3. The van der Waals surface area contributed by atoms with Gasteiger partial charge in [0.15, 0.2) is 5.78 Å². The fourth-order valence-electron chi connectivity index (χ4n) is 1.29. The van der Waals surface area contributed by atoms with Crippen LogP contribution in [0.25, 0.3) is 0 Å². The van der Waals surface area contributed by atoms with E-state index in [0.29, 0.717) is 18.8 Å². The second-order valence-electron chi connectivity index (χ2n) is 3.69. The number of aryl methyl sites for hydroxylation is 1. The molecule has 0 aliphatic heterocycles. The van der Waals surface area contributed by atoms with E-state index in [1.54, 1.807) is 7.11 Å². The Bertz CT molecular complexity index is 316. The summed E-state index contributed by atoms with van der Waals surface area (Å²) in [6, 6.07) is 7.52. The molecule has 0 saturated carbocycles. The maximum absolute atomic E-state index is 11.6. The molecule has 0 heterocycles. The number of rotatable bonds is 7. The highest BCUT2D eigenvalue weighted by Gasteiger charge is 2.04. The molecule has 0 radical (unpaired) electrons. The highest BCUT2D eigenvalue weighted by atomic mass is 16.5. The fourth-order valence-corrected chi connectivity index (χ4v) is 1.29. The second-order valence-corrected chi connectivity index (χ2v) is 3.69. The van der Waals surface area contributed by atoms with Crippen LogP contribution in [-0.4, -0.2) is 32.7 Å². The van der Waals surface area contributed by atoms with Crippen LogP contribution in [0.5, 0.6) is 0 Å². The highest BCUT2D eigenvalue weighted by molar-refractivity contribution is 5.97. The predicted octanol–water partition coefficient (Wildman–Crippen LogP) is 2.23. The van der Waals surface area contributed by atoms with E-state index in [4.69, 9.17) is 9.47 Å². The van der Waals surface area contributed by atoms with E-state index in [1.165, 1.54) is 0 Å². The summed E-state index contributed by atoms with van der Waals surface area (Å²) in [5, 5.41) is 0. The van der Waals surface area contributed by atoms with Crippen LogP contribution in [-0.2, 0) is 9.47 Å². The average Bonchev–Trinajstić information content (AvgIpc) is 2.29. The van der Waals surface area contributed by atoms with E-state index in [-0.39, 0.29) is 12.4 Å². The van der Waals surface area contributed by atoms with Gasteiger partial charge in [-0.05, 0) is 13.3 Å². The molecule has 1 aromatic carbocycles. The summed E-state index contributed by atoms with van der Waals surface area (Å²) in [5.74, 6) is 0.0254. The summed E-state index contributed by atoms with van der Waals surface area (Å²) in [6.07, 6.45) is 0.817. The minimum atomic E-state index is 0.0254. The molecule has 0 bridgehead atoms. The minimum absolute atomic E-state index is 0.0254. The quantitative estimate of drug-likeness (QED) is 0.524. The number of carbonyl (C=O) groups excluding carboxylic acids is 1. The molecule has 0 spiro atoms. The summed E-state index contributed by atoms with van der Waals surface area (Å²) >= 11 is 0. The molecule has 0 aliphatic rings. The molecule has 0 aromatic heterocycles. The number of carbonyl (C=O) groups is 1. The normalized spacial score (nSPS) is 10.4. The van der Waals surface area contributed by atoms with Crippen molar-refractivity contribution in [2.75, 3.05) is 26.9 Å². The first-order valence-electron chi connectivity index (χ1n) is 5.40. The van der Waals surface area contributed by atoms with E-state index in [0.717, 1.165) is 12.0 Å². The molecular weight excluding hydrogens is 204 g/mol. The smallest absolute Gasteiger partial charge is 0.188 e. The lowest BCUT2D eigenvalue weighted by Crippen LogP contribution is -2.10. The molecule has 0 saturated heterocycles. The zero-order valence-corrected chi connectivity index (χ0v) is 9.86. The van der Waals surface area contributed by atoms with Crippen molar-refractivity contribution in [3.05, 3.63) is 35.4 Å². The Morgan fingerprint density at radius 1 is 1.19 bits per heavy atom. The molecule has 0 N–H and O–H groups in total. The lowest BCUT2D eigenvalue weighted by molar-refractivity contribution is 0.0705. The van der Waals surface area contributed by atoms with Crippen molar-refractivity contribution in [3.8, 4) is 0 Å². The van der Waals surface area contributed by atoms with Crippen molar-refractivity contribution in [3.63, 3.8) is 0 Å². The zero-order chi connectivity index (χ0) is 11.8. The van der Waals surface area contributed by atoms with Crippen molar-refractivity contribution in [2.24, 2.45) is 0 Å². The summed E-state index contributed by atoms with van der Waals surface area (Å²) in [4.78, 5) is 11.6. The maximum Gasteiger partial charge on any atom is 0.188 e. The third-order valence-corrected chi connectivity index (χ3v) is 2.24. The lowest BCUT2D eigenvalue weighted by Gasteiger charge is -2.03. The molecule has 88 valence electrons. The number of ketones is 1. The zero-order valence-electron chi connectivity index (χ0n) is 9.86. The Hall–Kier alpha value is -1.19. The molecule has 1 rings (SSSR count). The highest BCUT2D eigenvalue weighted by Crippen LogP contribution is 2.04. The Kier molecular flexibility index (Phi) is 5.75. The monoisotopic (exact) mass is 222 g/mol. The van der Waals surface area contributed by atoms with Gasteiger partial charge in [-0.3, -0.25) is 4.79 Å². The van der Waals surface area contributed by atoms with E-state index < -0.39 is 0 Å². The summed E-state index contributed by atoms with van der Waals surface area (Å²) in [6.45, 7) is 3.37. The van der Waals surface area contributed by atoms with E-state index >= 15 is 0 Å². The Balaban J connectivity index is 2.27. The summed E-state index contributed by atoms with van der Waals surface area (Å²) in [5.41, 5.74) is 1.86. The molecule has 0 unspecified atom stereocenters. The van der Waals surface area contributed by atoms with Gasteiger partial charge in [0.1, 0.15) is 6.61 Å². The number of Topliss-reactive ketones (excluding diaryl/α,β-unsaturated/α-hetero) is 1. The maximum atomic E-state index is 11.6. The van der Waals surface area contributed by atoms with E-state index in [2.05, 4.69) is 0 Å². The second kappa shape index (κ2) is 7.14. The molecule has 0 fully saturated rings. The molecule has 0 aliphatic carbocycles. The number of benzene rings is 1. The Morgan fingerprint density at radius 2 is 1.88 bits per heavy atom. The molecule has 16 heavy (non-hydrogen) atoms. The largest absolute Gasteiger partial charge is 0.385 e. The van der Waals surface area contributed by atoms with E-state index in [1.807, 2.05) is 31.2 Å². The molecule has 1 aromatic rings. The van der Waals surface area contributed by atoms with Crippen LogP contribution in [0.3, 0.4) is 0 Å². The van der Waals surface area contributed by atoms with Gasteiger partial charge in [0, 0.05) is 25.9 Å². The lowest BCUT2D eigenvalue weighted by atomic mass is 10.1. The molecule has 0 atom stereocenters. The third kappa shape index (κ3) is 4.55. The standard InChI is InChI=1S/C13H18O3/c1-11-4-6-12(7-5-11)13(14)10-16-9-3-8-15-2/h4-7H,3,8-10H2,1-2H3. The van der Waals surface area contributed by atoms with Crippen LogP contribution in [0.2, 0.25) is 0 Å². The molecule has 3 nitrogen and oxygen atoms in total. The van der Waals surface area contributed by atoms with Crippen LogP contribution in [0.15, 0.2) is 24.3 Å². The van der Waals surface area contributed by atoms with Gasteiger partial charge in [-0.2, -0.15) is 0 Å². The first kappa shape index (κ1) is 12.9. The topological polar surface area (TPSA) is 35.5 Å². The number of hydrogen-bond donors (Lipinski definition) is 0. The molecular formula is C13H18O3. The van der Waals surface area contributed by atoms with Crippen LogP contribution < -0.4 is 0 Å². The summed E-state index contributed by atoms with van der Waals surface area (Å²) in [7, 11) is 1.65. The van der Waals surface area contributed by atoms with Crippen molar-refractivity contribution >= 4 is 5.78 Å². The van der Waals surface area contributed by atoms with Gasteiger partial charge in [-0.15, -0.1) is 0 Å². The Morgan fingerprint density at radius 3 is 2.50 bits per heavy atom. The van der Waals surface area contributed by atoms with Crippen molar-refractivity contribution in [2.45, 2.75) is 13.3 Å². The summed E-state index contributed by atoms with van der Waals surface area (Å²) < 4.78 is 10.1. The van der Waals surface area contributed by atoms with Gasteiger partial charge in [0.2, 0.25) is 0 Å². The van der Waals surface area contributed by atoms with Crippen LogP contribution in [0, 0.1) is 6.92 Å². The third-order valence-electron chi connectivity index (χ3n) is 2.24. The van der Waals surface area contributed by atoms with Gasteiger partial charge < -0.3 is 9.47 Å². The Labute approximate surface area is 96.4 Å². The van der Waals surface area contributed by atoms with Crippen molar-refractivity contribution in [1.29, 1.82) is 0 Å². The first-order valence-corrected chi connectivity index (χ1v) is 5.40. The van der Waals surface area contributed by atoms with Crippen LogP contribution >= 0.6 is 0 Å². The van der Waals surface area contributed by atoms with Crippen LogP contribution in [0.1, 0.15) is 22.3 Å². The molecule has 0 amide bonds. The van der Waals surface area contributed by atoms with Gasteiger partial charge in [-0.1, -0.05) is 29.8 Å². The predicted molar refractivity (Wildman–Crippen MR) is 62.8 cm³/mol. The van der Waals surface area contributed by atoms with Gasteiger partial charge in [-0.25, -0.2) is 0 Å². The fraction of sp³-hybridized carbons (Fsp3) is 0.462. The van der Waals surface area contributed by atoms with Crippen molar-refractivity contribution < 1.29 is 14.3 Å². The van der Waals surface area contributed by atoms with E-state index in [9.17, 15) is 4.79 Å². The van der Waals surface area contributed by atoms with Crippen LogP contribution in [0.4, 0.5) is 0 Å².